The Morgan fingerprint density at radius 3 is 2.84 bits per heavy atom. The maximum Gasteiger partial charge on any atom is 0.335 e. The molecular formula is C15H17NO2S. The van der Waals surface area contributed by atoms with Crippen molar-refractivity contribution in [3.63, 3.8) is 0 Å². The molecule has 1 heterocycles. The third-order valence-corrected chi connectivity index (χ3v) is 4.91. The molecule has 0 unspecified atom stereocenters. The average molecular weight is 275 g/mol. The Labute approximate surface area is 116 Å². The van der Waals surface area contributed by atoms with Crippen molar-refractivity contribution in [2.45, 2.75) is 38.5 Å². The molecule has 0 spiro atoms. The van der Waals surface area contributed by atoms with E-state index in [-0.39, 0.29) is 0 Å². The number of aromatic carboxylic acids is 1. The van der Waals surface area contributed by atoms with Gasteiger partial charge >= 0.3 is 5.97 Å². The van der Waals surface area contributed by atoms with Crippen LogP contribution < -0.4 is 0 Å². The predicted octanol–water partition coefficient (Wildman–Crippen LogP) is 4.12. The monoisotopic (exact) mass is 275 g/mol. The number of thiazole rings is 1. The lowest BCUT2D eigenvalue weighted by Gasteiger charge is -2.20. The smallest absolute Gasteiger partial charge is 0.335 e. The Bertz CT molecular complexity index is 599. The molecule has 3 nitrogen and oxygen atoms in total. The van der Waals surface area contributed by atoms with E-state index in [2.05, 4.69) is 4.98 Å². The largest absolute Gasteiger partial charge is 0.478 e. The third-order valence-electron chi connectivity index (χ3n) is 3.87. The molecule has 3 rings (SSSR count). The van der Waals surface area contributed by atoms with E-state index in [9.17, 15) is 4.79 Å². The summed E-state index contributed by atoms with van der Waals surface area (Å²) in [4.78, 5) is 15.6. The molecule has 1 fully saturated rings. The van der Waals surface area contributed by atoms with Crippen LogP contribution in [0.3, 0.4) is 0 Å². The van der Waals surface area contributed by atoms with Crippen molar-refractivity contribution in [3.05, 3.63) is 28.8 Å². The summed E-state index contributed by atoms with van der Waals surface area (Å²) >= 11 is 1.65. The summed E-state index contributed by atoms with van der Waals surface area (Å²) < 4.78 is 0.991. The van der Waals surface area contributed by atoms with Gasteiger partial charge in [0, 0.05) is 6.42 Å². The highest BCUT2D eigenvalue weighted by molar-refractivity contribution is 7.18. The predicted molar refractivity (Wildman–Crippen MR) is 76.9 cm³/mol. The highest BCUT2D eigenvalue weighted by Gasteiger charge is 2.16. The Morgan fingerprint density at radius 1 is 1.32 bits per heavy atom. The number of hydrogen-bond donors (Lipinski definition) is 1. The van der Waals surface area contributed by atoms with Crippen LogP contribution in [0.2, 0.25) is 0 Å². The van der Waals surface area contributed by atoms with Crippen LogP contribution in [-0.4, -0.2) is 16.1 Å². The normalized spacial score (nSPS) is 16.8. The minimum atomic E-state index is -0.871. The molecule has 2 aromatic rings. The summed E-state index contributed by atoms with van der Waals surface area (Å²) in [6.07, 6.45) is 7.75. The second-order valence-corrected chi connectivity index (χ2v) is 6.42. The fourth-order valence-corrected chi connectivity index (χ4v) is 3.95. The van der Waals surface area contributed by atoms with Crippen molar-refractivity contribution >= 4 is 27.5 Å². The van der Waals surface area contributed by atoms with Crippen molar-refractivity contribution in [2.24, 2.45) is 5.92 Å². The van der Waals surface area contributed by atoms with Crippen LogP contribution in [-0.2, 0) is 6.42 Å². The highest BCUT2D eigenvalue weighted by Crippen LogP contribution is 2.30. The lowest BCUT2D eigenvalue weighted by molar-refractivity contribution is 0.0697. The SMILES string of the molecule is O=C(O)c1ccc2nc(CC3CCCCC3)sc2c1. The van der Waals surface area contributed by atoms with Gasteiger partial charge in [-0.15, -0.1) is 11.3 Å². The van der Waals surface area contributed by atoms with E-state index in [1.54, 1.807) is 23.5 Å². The second kappa shape index (κ2) is 5.29. The Morgan fingerprint density at radius 2 is 2.11 bits per heavy atom. The van der Waals surface area contributed by atoms with Crippen molar-refractivity contribution in [1.29, 1.82) is 0 Å². The number of carboxylic acids is 1. The maximum atomic E-state index is 11.0. The van der Waals surface area contributed by atoms with Crippen LogP contribution in [0.1, 0.15) is 47.5 Å². The maximum absolute atomic E-state index is 11.0. The summed E-state index contributed by atoms with van der Waals surface area (Å²) in [6, 6.07) is 5.19. The van der Waals surface area contributed by atoms with E-state index in [1.165, 1.54) is 32.1 Å². The molecular weight excluding hydrogens is 258 g/mol. The standard InChI is InChI=1S/C15H17NO2S/c17-15(18)11-6-7-12-13(9-11)19-14(16-12)8-10-4-2-1-3-5-10/h6-7,9-10H,1-5,8H2,(H,17,18). The Hall–Kier alpha value is -1.42. The molecule has 4 heteroatoms. The number of nitrogens with zero attached hydrogens (tertiary/aromatic N) is 1. The lowest BCUT2D eigenvalue weighted by atomic mass is 9.87. The van der Waals surface area contributed by atoms with Gasteiger partial charge in [0.1, 0.15) is 0 Å². The molecule has 1 saturated carbocycles. The van der Waals surface area contributed by atoms with Gasteiger partial charge in [-0.1, -0.05) is 32.1 Å². The van der Waals surface area contributed by atoms with Gasteiger partial charge in [0.25, 0.3) is 0 Å². The summed E-state index contributed by atoms with van der Waals surface area (Å²) in [7, 11) is 0. The van der Waals surface area contributed by atoms with Crippen molar-refractivity contribution in [1.82, 2.24) is 4.98 Å². The van der Waals surface area contributed by atoms with Crippen LogP contribution in [0.15, 0.2) is 18.2 Å². The zero-order chi connectivity index (χ0) is 13.2. The minimum Gasteiger partial charge on any atom is -0.478 e. The molecule has 1 aromatic heterocycles. The van der Waals surface area contributed by atoms with Gasteiger partial charge in [-0.25, -0.2) is 9.78 Å². The van der Waals surface area contributed by atoms with Crippen molar-refractivity contribution in [3.8, 4) is 0 Å². The van der Waals surface area contributed by atoms with Crippen molar-refractivity contribution < 1.29 is 9.90 Å². The molecule has 0 aliphatic heterocycles. The molecule has 1 aliphatic carbocycles. The van der Waals surface area contributed by atoms with E-state index in [4.69, 9.17) is 5.11 Å². The summed E-state index contributed by atoms with van der Waals surface area (Å²) in [5, 5.41) is 10.2. The fourth-order valence-electron chi connectivity index (χ4n) is 2.83. The number of rotatable bonds is 3. The van der Waals surface area contributed by atoms with Gasteiger partial charge in [0.2, 0.25) is 0 Å². The van der Waals surface area contributed by atoms with Crippen LogP contribution >= 0.6 is 11.3 Å². The van der Waals surface area contributed by atoms with E-state index in [0.29, 0.717) is 5.56 Å². The molecule has 0 radical (unpaired) electrons. The first-order valence-corrected chi connectivity index (χ1v) is 7.67. The molecule has 100 valence electrons. The molecule has 1 N–H and O–H groups in total. The zero-order valence-electron chi connectivity index (χ0n) is 10.8. The fraction of sp³-hybridized carbons (Fsp3) is 0.467. The topological polar surface area (TPSA) is 50.2 Å². The average Bonchev–Trinajstić information content (AvgIpc) is 2.80. The van der Waals surface area contributed by atoms with E-state index in [0.717, 1.165) is 27.6 Å². The first-order chi connectivity index (χ1) is 9.22. The Kier molecular flexibility index (Phi) is 3.51. The van der Waals surface area contributed by atoms with Crippen LogP contribution in [0.25, 0.3) is 10.2 Å². The second-order valence-electron chi connectivity index (χ2n) is 5.30. The van der Waals surface area contributed by atoms with Gasteiger partial charge in [-0.2, -0.15) is 0 Å². The zero-order valence-corrected chi connectivity index (χ0v) is 11.6. The van der Waals surface area contributed by atoms with Crippen LogP contribution in [0.4, 0.5) is 0 Å². The van der Waals surface area contributed by atoms with Crippen LogP contribution in [0, 0.1) is 5.92 Å². The number of benzene rings is 1. The number of carbonyl (C=O) groups is 1. The first kappa shape index (κ1) is 12.6. The Balaban J connectivity index is 1.82. The molecule has 0 atom stereocenters. The van der Waals surface area contributed by atoms with E-state index < -0.39 is 5.97 Å². The third kappa shape index (κ3) is 2.78. The van der Waals surface area contributed by atoms with Gasteiger partial charge < -0.3 is 5.11 Å². The quantitative estimate of drug-likeness (QED) is 0.916. The lowest BCUT2D eigenvalue weighted by Crippen LogP contribution is -2.08. The summed E-state index contributed by atoms with van der Waals surface area (Å²) in [5.41, 5.74) is 1.28. The van der Waals surface area contributed by atoms with Gasteiger partial charge in [0.05, 0.1) is 20.8 Å². The summed E-state index contributed by atoms with van der Waals surface area (Å²) in [5.74, 6) is -0.0996. The number of fused-ring (bicyclic) bond motifs is 1. The minimum absolute atomic E-state index is 0.348. The molecule has 1 aliphatic rings. The molecule has 0 amide bonds. The van der Waals surface area contributed by atoms with E-state index >= 15 is 0 Å². The summed E-state index contributed by atoms with van der Waals surface area (Å²) in [6.45, 7) is 0. The van der Waals surface area contributed by atoms with Crippen molar-refractivity contribution in [2.75, 3.05) is 0 Å². The van der Waals surface area contributed by atoms with E-state index in [1.807, 2.05) is 6.07 Å². The molecule has 0 bridgehead atoms. The van der Waals surface area contributed by atoms with Gasteiger partial charge in [0.15, 0.2) is 0 Å². The number of hydrogen-bond acceptors (Lipinski definition) is 3. The van der Waals surface area contributed by atoms with Crippen LogP contribution in [0.5, 0.6) is 0 Å². The molecule has 0 saturated heterocycles. The van der Waals surface area contributed by atoms with Gasteiger partial charge in [-0.3, -0.25) is 0 Å². The number of aromatic nitrogens is 1. The van der Waals surface area contributed by atoms with Gasteiger partial charge in [-0.05, 0) is 24.1 Å². The number of carboxylic acid groups (broad SMARTS) is 1. The first-order valence-electron chi connectivity index (χ1n) is 6.85. The highest BCUT2D eigenvalue weighted by atomic mass is 32.1. The molecule has 19 heavy (non-hydrogen) atoms. The molecule has 1 aromatic carbocycles.